The van der Waals surface area contributed by atoms with Gasteiger partial charge in [0.1, 0.15) is 10.3 Å². The molecule has 1 amide bonds. The van der Waals surface area contributed by atoms with Crippen LogP contribution in [0.4, 0.5) is 5.13 Å². The first-order valence-corrected chi connectivity index (χ1v) is 14.5. The van der Waals surface area contributed by atoms with Gasteiger partial charge in [-0.1, -0.05) is 42.0 Å². The summed E-state index contributed by atoms with van der Waals surface area (Å²) in [7, 11) is -3.72. The van der Waals surface area contributed by atoms with Gasteiger partial charge in [0.2, 0.25) is 5.91 Å². The van der Waals surface area contributed by atoms with Crippen molar-refractivity contribution in [3.63, 3.8) is 0 Å². The van der Waals surface area contributed by atoms with Crippen LogP contribution >= 0.6 is 34.3 Å². The summed E-state index contributed by atoms with van der Waals surface area (Å²) >= 11 is 8.67. The zero-order chi connectivity index (χ0) is 23.2. The number of thiazole rings is 1. The van der Waals surface area contributed by atoms with E-state index >= 15 is 0 Å². The predicted octanol–water partition coefficient (Wildman–Crippen LogP) is 4.08. The first-order chi connectivity index (χ1) is 15.9. The van der Waals surface area contributed by atoms with Gasteiger partial charge in [0.05, 0.1) is 14.6 Å². The van der Waals surface area contributed by atoms with Gasteiger partial charge in [-0.2, -0.15) is 4.31 Å². The molecule has 0 radical (unpaired) electrons. The number of hydrogen-bond donors (Lipinski definition) is 0. The predicted molar refractivity (Wildman–Crippen MR) is 134 cm³/mol. The van der Waals surface area contributed by atoms with Crippen molar-refractivity contribution in [1.29, 1.82) is 0 Å². The van der Waals surface area contributed by atoms with Crippen LogP contribution in [0, 0.1) is 0 Å². The zero-order valence-corrected chi connectivity index (χ0v) is 21.4. The SMILES string of the molecule is CCc1cccc2sc(N3CCN(C(=O)[C@@H]4CCCN4S(=O)(=O)c4ccc(Cl)s4)CC3)nc12. The van der Waals surface area contributed by atoms with Crippen molar-refractivity contribution in [3.05, 3.63) is 40.2 Å². The monoisotopic (exact) mass is 524 g/mol. The lowest BCUT2D eigenvalue weighted by atomic mass is 10.1. The quantitative estimate of drug-likeness (QED) is 0.503. The molecule has 2 saturated heterocycles. The molecule has 5 rings (SSSR count). The number of halogens is 1. The third-order valence-electron chi connectivity index (χ3n) is 6.33. The zero-order valence-electron chi connectivity index (χ0n) is 18.2. The number of carbonyl (C=O) groups excluding carboxylic acids is 1. The summed E-state index contributed by atoms with van der Waals surface area (Å²) in [4.78, 5) is 22.2. The van der Waals surface area contributed by atoms with E-state index in [4.69, 9.17) is 16.6 Å². The molecule has 2 aromatic heterocycles. The molecular formula is C22H25ClN4O3S3. The lowest BCUT2D eigenvalue weighted by molar-refractivity contribution is -0.134. The Morgan fingerprint density at radius 2 is 1.91 bits per heavy atom. The smallest absolute Gasteiger partial charge is 0.253 e. The summed E-state index contributed by atoms with van der Waals surface area (Å²) in [6.45, 7) is 4.99. The number of nitrogens with zero attached hydrogens (tertiary/aromatic N) is 4. The molecule has 2 aliphatic heterocycles. The van der Waals surface area contributed by atoms with E-state index in [1.165, 1.54) is 20.6 Å². The van der Waals surface area contributed by atoms with Gasteiger partial charge in [-0.3, -0.25) is 4.79 Å². The van der Waals surface area contributed by atoms with Crippen LogP contribution in [-0.4, -0.2) is 67.3 Å². The van der Waals surface area contributed by atoms with Crippen LogP contribution in [0.5, 0.6) is 0 Å². The average Bonchev–Trinajstić information content (AvgIpc) is 3.57. The molecule has 33 heavy (non-hydrogen) atoms. The lowest BCUT2D eigenvalue weighted by Crippen LogP contribution is -2.54. The molecule has 0 bridgehead atoms. The minimum absolute atomic E-state index is 0.101. The fourth-order valence-electron chi connectivity index (χ4n) is 4.57. The fourth-order valence-corrected chi connectivity index (χ4v) is 8.90. The van der Waals surface area contributed by atoms with Gasteiger partial charge >= 0.3 is 0 Å². The molecule has 2 fully saturated rings. The van der Waals surface area contributed by atoms with E-state index in [1.807, 2.05) is 0 Å². The first-order valence-electron chi connectivity index (χ1n) is 11.1. The number of thiophene rings is 1. The normalized spacial score (nSPS) is 20.1. The standard InChI is InChI=1S/C22H25ClN4O3S3/c1-2-15-5-3-7-17-20(15)24-22(31-17)26-13-11-25(12-14-26)21(28)16-6-4-10-27(16)33(29,30)19-9-8-18(23)32-19/h3,5,7-9,16H,2,4,6,10-14H2,1H3/t16-/m0/s1. The number of anilines is 1. The molecule has 1 aromatic carbocycles. The van der Waals surface area contributed by atoms with E-state index in [0.717, 1.165) is 28.4 Å². The first kappa shape index (κ1) is 23.0. The van der Waals surface area contributed by atoms with Crippen molar-refractivity contribution in [3.8, 4) is 0 Å². The number of rotatable bonds is 5. The fraction of sp³-hybridized carbons (Fsp3) is 0.455. The number of hydrogen-bond acceptors (Lipinski definition) is 7. The van der Waals surface area contributed by atoms with Crippen LogP contribution in [0.15, 0.2) is 34.5 Å². The number of piperazine rings is 1. The molecule has 0 aliphatic carbocycles. The number of para-hydroxylation sites is 1. The van der Waals surface area contributed by atoms with Gasteiger partial charge in [-0.25, -0.2) is 13.4 Å². The highest BCUT2D eigenvalue weighted by Crippen LogP contribution is 2.34. The second-order valence-corrected chi connectivity index (χ2v) is 13.1. The van der Waals surface area contributed by atoms with Crippen LogP contribution in [0.3, 0.4) is 0 Å². The average molecular weight is 525 g/mol. The van der Waals surface area contributed by atoms with Crippen LogP contribution in [0.1, 0.15) is 25.3 Å². The second kappa shape index (κ2) is 9.14. The molecule has 3 aromatic rings. The van der Waals surface area contributed by atoms with Crippen molar-refractivity contribution in [2.45, 2.75) is 36.4 Å². The van der Waals surface area contributed by atoms with Crippen molar-refractivity contribution in [2.24, 2.45) is 0 Å². The largest absolute Gasteiger partial charge is 0.345 e. The Hall–Kier alpha value is -1.72. The van der Waals surface area contributed by atoms with Crippen LogP contribution < -0.4 is 4.90 Å². The van der Waals surface area contributed by atoms with Gasteiger partial charge in [-0.15, -0.1) is 11.3 Å². The third kappa shape index (κ3) is 4.27. The summed E-state index contributed by atoms with van der Waals surface area (Å²) in [6, 6.07) is 8.75. The van der Waals surface area contributed by atoms with E-state index < -0.39 is 16.1 Å². The number of carbonyl (C=O) groups is 1. The number of aryl methyl sites for hydroxylation is 1. The van der Waals surface area contributed by atoms with Gasteiger partial charge in [0, 0.05) is 32.7 Å². The number of aromatic nitrogens is 1. The van der Waals surface area contributed by atoms with Gasteiger partial charge in [0.15, 0.2) is 5.13 Å². The Labute approximate surface area is 206 Å². The third-order valence-corrected chi connectivity index (χ3v) is 11.0. The lowest BCUT2D eigenvalue weighted by Gasteiger charge is -2.37. The van der Waals surface area contributed by atoms with Crippen LogP contribution in [-0.2, 0) is 21.2 Å². The summed E-state index contributed by atoms with van der Waals surface area (Å²) in [6.07, 6.45) is 2.18. The molecule has 11 heteroatoms. The Morgan fingerprint density at radius 1 is 1.12 bits per heavy atom. The molecular weight excluding hydrogens is 500 g/mol. The molecule has 0 spiro atoms. The van der Waals surface area contributed by atoms with Crippen LogP contribution in [0.2, 0.25) is 4.34 Å². The maximum absolute atomic E-state index is 13.3. The van der Waals surface area contributed by atoms with Crippen molar-refractivity contribution in [1.82, 2.24) is 14.2 Å². The van der Waals surface area contributed by atoms with E-state index in [1.54, 1.807) is 22.3 Å². The highest BCUT2D eigenvalue weighted by atomic mass is 35.5. The van der Waals surface area contributed by atoms with Gasteiger partial charge in [0.25, 0.3) is 10.0 Å². The Kier molecular flexibility index (Phi) is 6.39. The molecule has 0 N–H and O–H groups in total. The van der Waals surface area contributed by atoms with Crippen molar-refractivity contribution in [2.75, 3.05) is 37.6 Å². The number of fused-ring (bicyclic) bond motifs is 1. The molecule has 1 atom stereocenters. The van der Waals surface area contributed by atoms with Crippen molar-refractivity contribution < 1.29 is 13.2 Å². The number of sulfonamides is 1. The van der Waals surface area contributed by atoms with Crippen LogP contribution in [0.25, 0.3) is 10.2 Å². The molecule has 2 aliphatic rings. The van der Waals surface area contributed by atoms with Gasteiger partial charge in [-0.05, 0) is 43.0 Å². The maximum Gasteiger partial charge on any atom is 0.253 e. The topological polar surface area (TPSA) is 73.8 Å². The van der Waals surface area contributed by atoms with Crippen molar-refractivity contribution >= 4 is 65.6 Å². The molecule has 176 valence electrons. The highest BCUT2D eigenvalue weighted by molar-refractivity contribution is 7.91. The Bertz CT molecular complexity index is 1280. The van der Waals surface area contributed by atoms with E-state index in [9.17, 15) is 13.2 Å². The molecule has 4 heterocycles. The summed E-state index contributed by atoms with van der Waals surface area (Å²) < 4.78 is 29.4. The molecule has 0 saturated carbocycles. The summed E-state index contributed by atoms with van der Waals surface area (Å²) in [5.41, 5.74) is 2.32. The summed E-state index contributed by atoms with van der Waals surface area (Å²) in [5.74, 6) is -0.101. The van der Waals surface area contributed by atoms with Gasteiger partial charge < -0.3 is 9.80 Å². The van der Waals surface area contributed by atoms with E-state index in [2.05, 4.69) is 30.0 Å². The Balaban J connectivity index is 1.28. The minimum Gasteiger partial charge on any atom is -0.345 e. The highest BCUT2D eigenvalue weighted by Gasteiger charge is 2.42. The van der Waals surface area contributed by atoms with E-state index in [-0.39, 0.29) is 10.1 Å². The second-order valence-electron chi connectivity index (χ2n) is 8.26. The number of benzene rings is 1. The Morgan fingerprint density at radius 3 is 2.61 bits per heavy atom. The van der Waals surface area contributed by atoms with E-state index in [0.29, 0.717) is 49.9 Å². The maximum atomic E-state index is 13.3. The number of amides is 1. The molecule has 7 nitrogen and oxygen atoms in total. The summed E-state index contributed by atoms with van der Waals surface area (Å²) in [5, 5.41) is 0.984. The molecule has 0 unspecified atom stereocenters. The minimum atomic E-state index is -3.72.